The summed E-state index contributed by atoms with van der Waals surface area (Å²) in [5.41, 5.74) is 0. The smallest absolute Gasteiger partial charge is 0.354 e. The number of aromatic nitrogens is 2. The van der Waals surface area contributed by atoms with Crippen molar-refractivity contribution in [3.8, 4) is 0 Å². The lowest BCUT2D eigenvalue weighted by Crippen LogP contribution is -2.32. The van der Waals surface area contributed by atoms with Crippen LogP contribution in [0.25, 0.3) is 0 Å². The molecular weight excluding hydrogens is 255 g/mol. The summed E-state index contributed by atoms with van der Waals surface area (Å²) >= 11 is 5.58. The summed E-state index contributed by atoms with van der Waals surface area (Å²) in [7, 11) is 0. The maximum absolute atomic E-state index is 12.5. The Morgan fingerprint density at radius 2 is 1.94 bits per heavy atom. The van der Waals surface area contributed by atoms with E-state index in [1.807, 2.05) is 20.8 Å². The van der Waals surface area contributed by atoms with Crippen LogP contribution in [0.15, 0.2) is 6.07 Å². The van der Waals surface area contributed by atoms with E-state index in [0.29, 0.717) is 6.54 Å². The molecule has 17 heavy (non-hydrogen) atoms. The third-order valence-electron chi connectivity index (χ3n) is 2.19. The lowest BCUT2D eigenvalue weighted by atomic mass is 10.3. The molecule has 0 aromatic carbocycles. The van der Waals surface area contributed by atoms with Crippen LogP contribution in [0, 0.1) is 0 Å². The minimum Gasteiger partial charge on any atom is -0.354 e. The summed E-state index contributed by atoms with van der Waals surface area (Å²) in [5.74, 6) is -1.02. The highest BCUT2D eigenvalue weighted by Crippen LogP contribution is 2.29. The molecule has 0 aliphatic carbocycles. The van der Waals surface area contributed by atoms with Crippen LogP contribution in [-0.2, 0) is 6.18 Å². The van der Waals surface area contributed by atoms with Crippen LogP contribution >= 0.6 is 11.6 Å². The van der Waals surface area contributed by atoms with Crippen molar-refractivity contribution in [2.75, 3.05) is 11.4 Å². The van der Waals surface area contributed by atoms with Gasteiger partial charge in [0.15, 0.2) is 0 Å². The SMILES string of the molecule is CCN(c1cc(Cl)nc(C(F)(F)F)n1)C(C)C. The van der Waals surface area contributed by atoms with Gasteiger partial charge in [-0.05, 0) is 20.8 Å². The molecule has 0 unspecified atom stereocenters. The number of alkyl halides is 3. The zero-order valence-corrected chi connectivity index (χ0v) is 10.5. The molecule has 0 atom stereocenters. The number of rotatable bonds is 3. The maximum Gasteiger partial charge on any atom is 0.451 e. The molecule has 0 saturated carbocycles. The van der Waals surface area contributed by atoms with E-state index in [1.54, 1.807) is 4.90 Å². The molecule has 1 heterocycles. The van der Waals surface area contributed by atoms with E-state index in [2.05, 4.69) is 9.97 Å². The molecule has 96 valence electrons. The van der Waals surface area contributed by atoms with Crippen molar-refractivity contribution in [2.45, 2.75) is 33.0 Å². The first-order valence-corrected chi connectivity index (χ1v) is 5.52. The van der Waals surface area contributed by atoms with E-state index in [-0.39, 0.29) is 17.0 Å². The lowest BCUT2D eigenvalue weighted by molar-refractivity contribution is -0.144. The average Bonchev–Trinajstić information content (AvgIpc) is 2.15. The van der Waals surface area contributed by atoms with Gasteiger partial charge in [0.1, 0.15) is 11.0 Å². The highest BCUT2D eigenvalue weighted by atomic mass is 35.5. The highest BCUT2D eigenvalue weighted by Gasteiger charge is 2.35. The molecular formula is C10H13ClF3N3. The molecule has 0 N–H and O–H groups in total. The van der Waals surface area contributed by atoms with Crippen LogP contribution in [0.3, 0.4) is 0 Å². The third-order valence-corrected chi connectivity index (χ3v) is 2.39. The molecule has 1 aromatic rings. The normalized spacial score (nSPS) is 12.0. The van der Waals surface area contributed by atoms with Crippen molar-refractivity contribution in [3.05, 3.63) is 17.0 Å². The summed E-state index contributed by atoms with van der Waals surface area (Å²) < 4.78 is 37.5. The van der Waals surface area contributed by atoms with Gasteiger partial charge in [-0.2, -0.15) is 13.2 Å². The van der Waals surface area contributed by atoms with E-state index >= 15 is 0 Å². The van der Waals surface area contributed by atoms with Crippen molar-refractivity contribution < 1.29 is 13.2 Å². The number of anilines is 1. The van der Waals surface area contributed by atoms with E-state index in [4.69, 9.17) is 11.6 Å². The fraction of sp³-hybridized carbons (Fsp3) is 0.600. The molecule has 7 heteroatoms. The maximum atomic E-state index is 12.5. The Hall–Kier alpha value is -1.04. The standard InChI is InChI=1S/C10H13ClF3N3/c1-4-17(6(2)3)8-5-7(11)15-9(16-8)10(12,13)14/h5-6H,4H2,1-3H3. The number of hydrogen-bond donors (Lipinski definition) is 0. The molecule has 3 nitrogen and oxygen atoms in total. The molecule has 0 bridgehead atoms. The van der Waals surface area contributed by atoms with E-state index < -0.39 is 12.0 Å². The molecule has 0 fully saturated rings. The first kappa shape index (κ1) is 14.0. The monoisotopic (exact) mass is 267 g/mol. The second kappa shape index (κ2) is 5.08. The average molecular weight is 268 g/mol. The second-order valence-corrected chi connectivity index (χ2v) is 4.14. The van der Waals surface area contributed by atoms with Crippen LogP contribution < -0.4 is 4.90 Å². The van der Waals surface area contributed by atoms with Crippen LogP contribution in [0.1, 0.15) is 26.6 Å². The van der Waals surface area contributed by atoms with Gasteiger partial charge < -0.3 is 4.90 Å². The van der Waals surface area contributed by atoms with Crippen LogP contribution in [-0.4, -0.2) is 22.6 Å². The molecule has 1 rings (SSSR count). The van der Waals surface area contributed by atoms with Crippen LogP contribution in [0.4, 0.5) is 19.0 Å². The van der Waals surface area contributed by atoms with Gasteiger partial charge in [0.05, 0.1) is 0 Å². The lowest BCUT2D eigenvalue weighted by Gasteiger charge is -2.26. The molecule has 0 aliphatic heterocycles. The zero-order valence-electron chi connectivity index (χ0n) is 9.72. The number of halogens is 4. The number of hydrogen-bond acceptors (Lipinski definition) is 3. The Labute approximate surface area is 103 Å². The molecule has 0 saturated heterocycles. The Kier molecular flexibility index (Phi) is 4.19. The van der Waals surface area contributed by atoms with Gasteiger partial charge in [0, 0.05) is 18.7 Å². The van der Waals surface area contributed by atoms with Crippen molar-refractivity contribution >= 4 is 17.4 Å². The molecule has 0 radical (unpaired) electrons. The van der Waals surface area contributed by atoms with Crippen molar-refractivity contribution in [2.24, 2.45) is 0 Å². The summed E-state index contributed by atoms with van der Waals surface area (Å²) in [4.78, 5) is 8.40. The van der Waals surface area contributed by atoms with Gasteiger partial charge in [0.2, 0.25) is 5.82 Å². The van der Waals surface area contributed by atoms with Crippen molar-refractivity contribution in [1.29, 1.82) is 0 Å². The minimum atomic E-state index is -4.59. The first-order chi connectivity index (χ1) is 7.75. The summed E-state index contributed by atoms with van der Waals surface area (Å²) in [6, 6.07) is 1.37. The van der Waals surface area contributed by atoms with E-state index in [9.17, 15) is 13.2 Å². The Bertz CT molecular complexity index is 393. The topological polar surface area (TPSA) is 29.0 Å². The van der Waals surface area contributed by atoms with E-state index in [1.165, 1.54) is 6.07 Å². The number of nitrogens with zero attached hydrogens (tertiary/aromatic N) is 3. The fourth-order valence-electron chi connectivity index (χ4n) is 1.47. The van der Waals surface area contributed by atoms with Crippen LogP contribution in [0.5, 0.6) is 0 Å². The van der Waals surface area contributed by atoms with Gasteiger partial charge in [-0.1, -0.05) is 11.6 Å². The van der Waals surface area contributed by atoms with Gasteiger partial charge in [0.25, 0.3) is 0 Å². The summed E-state index contributed by atoms with van der Waals surface area (Å²) in [6.45, 7) is 6.12. The van der Waals surface area contributed by atoms with Crippen molar-refractivity contribution in [3.63, 3.8) is 0 Å². The molecule has 0 amide bonds. The predicted molar refractivity (Wildman–Crippen MR) is 60.2 cm³/mol. The molecule has 1 aromatic heterocycles. The summed E-state index contributed by atoms with van der Waals surface area (Å²) in [6.07, 6.45) is -4.59. The summed E-state index contributed by atoms with van der Waals surface area (Å²) in [5, 5.41) is -0.207. The Balaban J connectivity index is 3.21. The predicted octanol–water partition coefficient (Wildman–Crippen LogP) is 3.38. The van der Waals surface area contributed by atoms with Gasteiger partial charge >= 0.3 is 6.18 Å². The fourth-order valence-corrected chi connectivity index (χ4v) is 1.65. The van der Waals surface area contributed by atoms with Crippen LogP contribution in [0.2, 0.25) is 5.15 Å². The quantitative estimate of drug-likeness (QED) is 0.786. The van der Waals surface area contributed by atoms with Gasteiger partial charge in [-0.3, -0.25) is 0 Å². The second-order valence-electron chi connectivity index (χ2n) is 3.75. The minimum absolute atomic E-state index is 0.0343. The Morgan fingerprint density at radius 1 is 1.35 bits per heavy atom. The Morgan fingerprint density at radius 3 is 2.35 bits per heavy atom. The first-order valence-electron chi connectivity index (χ1n) is 5.14. The largest absolute Gasteiger partial charge is 0.451 e. The molecule has 0 aliphatic rings. The van der Waals surface area contributed by atoms with E-state index in [0.717, 1.165) is 0 Å². The van der Waals surface area contributed by atoms with Gasteiger partial charge in [-0.25, -0.2) is 9.97 Å². The third kappa shape index (κ3) is 3.46. The van der Waals surface area contributed by atoms with Gasteiger partial charge in [-0.15, -0.1) is 0 Å². The highest BCUT2D eigenvalue weighted by molar-refractivity contribution is 6.29. The van der Waals surface area contributed by atoms with Crippen molar-refractivity contribution in [1.82, 2.24) is 9.97 Å². The zero-order chi connectivity index (χ0) is 13.2. The molecule has 0 spiro atoms.